The maximum absolute atomic E-state index is 14.7. The fraction of sp³-hybridized carbons (Fsp3) is 0.424. The summed E-state index contributed by atoms with van der Waals surface area (Å²) in [5.41, 5.74) is 2.02. The lowest BCUT2D eigenvalue weighted by Crippen LogP contribution is -2.57. The number of thioether (sulfide) groups is 1. The van der Waals surface area contributed by atoms with Crippen molar-refractivity contribution in [1.29, 1.82) is 0 Å². The van der Waals surface area contributed by atoms with E-state index in [1.807, 2.05) is 103 Å². The van der Waals surface area contributed by atoms with Gasteiger partial charge in [0, 0.05) is 30.9 Å². The molecule has 214 valence electrons. The van der Waals surface area contributed by atoms with Crippen LogP contribution in [0.3, 0.4) is 0 Å². The highest BCUT2D eigenvalue weighted by molar-refractivity contribution is 8.02. The second-order valence-electron chi connectivity index (χ2n) is 11.7. The molecule has 0 bridgehead atoms. The molecule has 7 nitrogen and oxygen atoms in total. The summed E-state index contributed by atoms with van der Waals surface area (Å²) in [5.74, 6) is -1.68. The number of hydrogen-bond acceptors (Lipinski definition) is 5. The Morgan fingerprint density at radius 1 is 0.902 bits per heavy atom. The fourth-order valence-electron chi connectivity index (χ4n) is 7.09. The minimum Gasteiger partial charge on any atom is -0.394 e. The zero-order valence-corrected chi connectivity index (χ0v) is 24.3. The summed E-state index contributed by atoms with van der Waals surface area (Å²) >= 11 is 1.58. The number of carbonyl (C=O) groups excluding carboxylic acids is 3. The minimum absolute atomic E-state index is 0.0541. The quantitative estimate of drug-likeness (QED) is 0.516. The summed E-state index contributed by atoms with van der Waals surface area (Å²) in [6.07, 6.45) is 8.56. The molecule has 4 aliphatic heterocycles. The van der Waals surface area contributed by atoms with Crippen LogP contribution in [-0.2, 0) is 27.3 Å². The van der Waals surface area contributed by atoms with E-state index in [0.29, 0.717) is 26.1 Å². The first-order valence-corrected chi connectivity index (χ1v) is 15.4. The Balaban J connectivity index is 1.42. The average molecular weight is 572 g/mol. The summed E-state index contributed by atoms with van der Waals surface area (Å²) < 4.78 is -0.896. The Morgan fingerprint density at radius 2 is 1.59 bits per heavy atom. The van der Waals surface area contributed by atoms with Crippen molar-refractivity contribution in [2.75, 3.05) is 19.7 Å². The summed E-state index contributed by atoms with van der Waals surface area (Å²) in [5, 5.41) is 10.4. The maximum atomic E-state index is 14.7. The highest BCUT2D eigenvalue weighted by Gasteiger charge is 2.71. The number of likely N-dealkylation sites (tertiary alicyclic amines) is 1. The van der Waals surface area contributed by atoms with Gasteiger partial charge in [-0.2, -0.15) is 0 Å². The molecule has 0 aromatic heterocycles. The van der Waals surface area contributed by atoms with Crippen LogP contribution >= 0.6 is 11.8 Å². The van der Waals surface area contributed by atoms with Gasteiger partial charge >= 0.3 is 0 Å². The second kappa shape index (κ2) is 11.1. The topological polar surface area (TPSA) is 81.2 Å². The molecule has 4 heterocycles. The molecule has 1 spiro atoms. The van der Waals surface area contributed by atoms with Crippen LogP contribution in [-0.4, -0.2) is 85.3 Å². The van der Waals surface area contributed by atoms with E-state index < -0.39 is 28.7 Å². The number of carbonyl (C=O) groups is 3. The zero-order valence-electron chi connectivity index (χ0n) is 23.5. The van der Waals surface area contributed by atoms with Crippen molar-refractivity contribution in [2.45, 2.75) is 54.9 Å². The first-order chi connectivity index (χ1) is 19.9. The van der Waals surface area contributed by atoms with Crippen molar-refractivity contribution in [3.05, 3.63) is 96.1 Å². The van der Waals surface area contributed by atoms with Gasteiger partial charge in [0.2, 0.25) is 17.7 Å². The molecule has 1 N–H and O–H groups in total. The molecule has 2 fully saturated rings. The van der Waals surface area contributed by atoms with Crippen molar-refractivity contribution in [2.24, 2.45) is 11.8 Å². The van der Waals surface area contributed by atoms with Crippen molar-refractivity contribution >= 4 is 29.5 Å². The normalized spacial score (nSPS) is 29.9. The van der Waals surface area contributed by atoms with Crippen LogP contribution in [0, 0.1) is 11.8 Å². The van der Waals surface area contributed by atoms with Gasteiger partial charge in [0.05, 0.1) is 29.2 Å². The molecular formula is C33H37N3O4S. The molecule has 8 heteroatoms. The molecule has 0 saturated carbocycles. The van der Waals surface area contributed by atoms with Gasteiger partial charge in [-0.3, -0.25) is 14.4 Å². The summed E-state index contributed by atoms with van der Waals surface area (Å²) in [6, 6.07) is 18.2. The lowest BCUT2D eigenvalue weighted by molar-refractivity contribution is -0.147. The number of aliphatic hydroxyl groups excluding tert-OH is 1. The van der Waals surface area contributed by atoms with Crippen LogP contribution in [0.1, 0.15) is 25.0 Å². The average Bonchev–Trinajstić information content (AvgIpc) is 3.30. The highest BCUT2D eigenvalue weighted by atomic mass is 32.2. The van der Waals surface area contributed by atoms with Crippen molar-refractivity contribution in [3.63, 3.8) is 0 Å². The van der Waals surface area contributed by atoms with Crippen molar-refractivity contribution in [1.82, 2.24) is 14.7 Å². The summed E-state index contributed by atoms with van der Waals surface area (Å²) in [4.78, 5) is 48.6. The molecule has 2 aromatic carbocycles. The smallest absolute Gasteiger partial charge is 0.247 e. The monoisotopic (exact) mass is 571 g/mol. The van der Waals surface area contributed by atoms with E-state index in [1.165, 1.54) is 0 Å². The molecule has 0 radical (unpaired) electrons. The Kier molecular flexibility index (Phi) is 7.55. The largest absolute Gasteiger partial charge is 0.394 e. The van der Waals surface area contributed by atoms with E-state index >= 15 is 0 Å². The molecular weight excluding hydrogens is 534 g/mol. The highest BCUT2D eigenvalue weighted by Crippen LogP contribution is 2.61. The fourth-order valence-corrected chi connectivity index (χ4v) is 9.08. The van der Waals surface area contributed by atoms with Crippen LogP contribution in [0.15, 0.2) is 85.0 Å². The number of nitrogens with zero attached hydrogens (tertiary/aromatic N) is 3. The predicted octanol–water partition coefficient (Wildman–Crippen LogP) is 3.29. The van der Waals surface area contributed by atoms with Gasteiger partial charge in [-0.15, -0.1) is 11.8 Å². The number of amides is 3. The molecule has 6 atom stereocenters. The van der Waals surface area contributed by atoms with Gasteiger partial charge in [0.25, 0.3) is 0 Å². The molecule has 3 amide bonds. The van der Waals surface area contributed by atoms with E-state index in [9.17, 15) is 19.5 Å². The van der Waals surface area contributed by atoms with Crippen LogP contribution in [0.25, 0.3) is 0 Å². The summed E-state index contributed by atoms with van der Waals surface area (Å²) in [6.45, 7) is 5.08. The van der Waals surface area contributed by atoms with Gasteiger partial charge in [0.1, 0.15) is 6.04 Å². The molecule has 2 saturated heterocycles. The third-order valence-electron chi connectivity index (χ3n) is 8.97. The molecule has 0 aliphatic carbocycles. The predicted molar refractivity (Wildman–Crippen MR) is 160 cm³/mol. The van der Waals surface area contributed by atoms with Crippen molar-refractivity contribution in [3.8, 4) is 0 Å². The van der Waals surface area contributed by atoms with E-state index in [4.69, 9.17) is 0 Å². The minimum atomic E-state index is -0.896. The molecule has 4 aliphatic rings. The third-order valence-corrected chi connectivity index (χ3v) is 10.7. The molecule has 1 unspecified atom stereocenters. The number of fused-ring (bicyclic) bond motifs is 2. The Morgan fingerprint density at radius 3 is 2.24 bits per heavy atom. The third kappa shape index (κ3) is 4.71. The lowest BCUT2D eigenvalue weighted by atomic mass is 9.78. The van der Waals surface area contributed by atoms with Gasteiger partial charge < -0.3 is 19.8 Å². The standard InChI is InChI=1S/C33H37N3O4S/c1-22(2)35-18-10-16-33-28(27-26(41-33)15-9-17-34(30(27)38)20-24-13-7-4-8-14-24)31(39)36(29(33)32(35)40)25(21-37)19-23-11-5-3-6-12-23/h3-16,22,25-29,37H,17-21H2,1-2H3/t25-,26+,27-,28+,29?,33+/m1/s1. The van der Waals surface area contributed by atoms with Crippen LogP contribution < -0.4 is 0 Å². The summed E-state index contributed by atoms with van der Waals surface area (Å²) in [7, 11) is 0. The zero-order chi connectivity index (χ0) is 28.7. The van der Waals surface area contributed by atoms with Gasteiger partial charge in [-0.05, 0) is 31.4 Å². The van der Waals surface area contributed by atoms with Crippen LogP contribution in [0.2, 0.25) is 0 Å². The van der Waals surface area contributed by atoms with E-state index in [0.717, 1.165) is 11.1 Å². The SMILES string of the molecule is CC(C)N1CC=C[C@]23S[C@H]4C=CCN(Cc5ccccc5)C(=O)[C@H]4[C@H]2C(=O)N([C@@H](CO)Cc2ccccc2)C3C1=O. The maximum Gasteiger partial charge on any atom is 0.247 e. The van der Waals surface area contributed by atoms with Crippen LogP contribution in [0.4, 0.5) is 0 Å². The molecule has 41 heavy (non-hydrogen) atoms. The van der Waals surface area contributed by atoms with E-state index in [-0.39, 0.29) is 35.6 Å². The van der Waals surface area contributed by atoms with Crippen molar-refractivity contribution < 1.29 is 19.5 Å². The second-order valence-corrected chi connectivity index (χ2v) is 13.2. The Hall–Kier alpha value is -3.36. The van der Waals surface area contributed by atoms with Gasteiger partial charge in [-0.25, -0.2) is 0 Å². The number of aliphatic hydroxyl groups is 1. The first-order valence-electron chi connectivity index (χ1n) is 14.5. The van der Waals surface area contributed by atoms with E-state index in [2.05, 4.69) is 6.08 Å². The van der Waals surface area contributed by atoms with Gasteiger partial charge in [-0.1, -0.05) is 85.0 Å². The van der Waals surface area contributed by atoms with E-state index in [1.54, 1.807) is 16.7 Å². The number of hydrogen-bond donors (Lipinski definition) is 1. The molecule has 2 aromatic rings. The van der Waals surface area contributed by atoms with Gasteiger partial charge in [0.15, 0.2) is 0 Å². The van der Waals surface area contributed by atoms with Crippen LogP contribution in [0.5, 0.6) is 0 Å². The molecule has 6 rings (SSSR count). The first kappa shape index (κ1) is 27.8. The number of rotatable bonds is 7. The lowest BCUT2D eigenvalue weighted by Gasteiger charge is -2.39. The Bertz CT molecular complexity index is 1360. The Labute approximate surface area is 245 Å². The number of benzene rings is 2.